The molecule has 0 aliphatic carbocycles. The summed E-state index contributed by atoms with van der Waals surface area (Å²) in [7, 11) is 1.84. The summed E-state index contributed by atoms with van der Waals surface area (Å²) in [6.07, 6.45) is 0.646. The summed E-state index contributed by atoms with van der Waals surface area (Å²) in [6, 6.07) is 4.79. The smallest absolute Gasteiger partial charge is 0.338 e. The first-order valence-electron chi connectivity index (χ1n) is 5.09. The molecule has 2 aromatic rings. The highest BCUT2D eigenvalue weighted by Crippen LogP contribution is 2.28. The lowest BCUT2D eigenvalue weighted by atomic mass is 10.1. The molecule has 2 N–H and O–H groups in total. The highest BCUT2D eigenvalue weighted by molar-refractivity contribution is 6.05. The van der Waals surface area contributed by atoms with E-state index in [2.05, 4.69) is 0 Å². The predicted octanol–water partition coefficient (Wildman–Crippen LogP) is 2.14. The number of fused-ring (bicyclic) bond motifs is 1. The Balaban J connectivity index is 2.92. The lowest BCUT2D eigenvalue weighted by Gasteiger charge is -2.01. The molecule has 16 heavy (non-hydrogen) atoms. The van der Waals surface area contributed by atoms with Crippen LogP contribution in [0.15, 0.2) is 18.2 Å². The Morgan fingerprint density at radius 2 is 2.12 bits per heavy atom. The average Bonchev–Trinajstić information content (AvgIpc) is 2.50. The van der Waals surface area contributed by atoms with Crippen LogP contribution >= 0.6 is 0 Å². The van der Waals surface area contributed by atoms with Crippen LogP contribution in [-0.4, -0.2) is 20.7 Å². The van der Waals surface area contributed by atoms with Crippen molar-refractivity contribution in [2.24, 2.45) is 7.05 Å². The number of carboxylic acids is 1. The van der Waals surface area contributed by atoms with Crippen LogP contribution in [0.25, 0.3) is 10.9 Å². The van der Waals surface area contributed by atoms with Crippen molar-refractivity contribution in [2.45, 2.75) is 13.3 Å². The van der Waals surface area contributed by atoms with Gasteiger partial charge in [0.25, 0.3) is 0 Å². The van der Waals surface area contributed by atoms with Crippen molar-refractivity contribution in [2.75, 3.05) is 0 Å². The zero-order valence-electron chi connectivity index (χ0n) is 9.19. The van der Waals surface area contributed by atoms with Crippen LogP contribution in [-0.2, 0) is 13.5 Å². The second-order valence-electron chi connectivity index (χ2n) is 3.74. The molecule has 0 unspecified atom stereocenters. The van der Waals surface area contributed by atoms with Gasteiger partial charge in [0.05, 0.1) is 5.56 Å². The molecule has 4 heteroatoms. The third-order valence-corrected chi connectivity index (χ3v) is 2.85. The lowest BCUT2D eigenvalue weighted by molar-refractivity contribution is 0.0697. The Labute approximate surface area is 92.7 Å². The summed E-state index contributed by atoms with van der Waals surface area (Å²) in [5.74, 6) is -0.865. The number of benzene rings is 1. The number of nitrogens with zero attached hydrogens (tertiary/aromatic N) is 1. The minimum atomic E-state index is -0.951. The van der Waals surface area contributed by atoms with Crippen molar-refractivity contribution >= 4 is 16.9 Å². The van der Waals surface area contributed by atoms with Gasteiger partial charge in [0.2, 0.25) is 0 Å². The zero-order chi connectivity index (χ0) is 11.9. The molecule has 0 saturated heterocycles. The van der Waals surface area contributed by atoms with Crippen LogP contribution in [0.3, 0.4) is 0 Å². The lowest BCUT2D eigenvalue weighted by Crippen LogP contribution is -2.02. The molecule has 0 bridgehead atoms. The molecule has 0 amide bonds. The fraction of sp³-hybridized carbons (Fsp3) is 0.250. The quantitative estimate of drug-likeness (QED) is 0.813. The molecule has 1 heterocycles. The molecule has 4 nitrogen and oxygen atoms in total. The summed E-state index contributed by atoms with van der Waals surface area (Å²) >= 11 is 0. The number of aryl methyl sites for hydroxylation is 1. The van der Waals surface area contributed by atoms with Crippen molar-refractivity contribution in [1.29, 1.82) is 0 Å². The first kappa shape index (κ1) is 10.5. The molecule has 0 saturated carbocycles. The largest absolute Gasteiger partial charge is 0.508 e. The Kier molecular flexibility index (Phi) is 2.34. The summed E-state index contributed by atoms with van der Waals surface area (Å²) in [5, 5.41) is 19.2. The van der Waals surface area contributed by atoms with Gasteiger partial charge in [0.1, 0.15) is 5.75 Å². The molecule has 0 radical (unpaired) electrons. The monoisotopic (exact) mass is 219 g/mol. The predicted molar refractivity (Wildman–Crippen MR) is 60.9 cm³/mol. The molecule has 84 valence electrons. The van der Waals surface area contributed by atoms with Gasteiger partial charge in [-0.05, 0) is 24.6 Å². The third kappa shape index (κ3) is 1.34. The van der Waals surface area contributed by atoms with Gasteiger partial charge in [0, 0.05) is 23.6 Å². The minimum absolute atomic E-state index is 0.0863. The van der Waals surface area contributed by atoms with Crippen LogP contribution < -0.4 is 0 Å². The zero-order valence-corrected chi connectivity index (χ0v) is 9.19. The van der Waals surface area contributed by atoms with Gasteiger partial charge in [-0.2, -0.15) is 0 Å². The summed E-state index contributed by atoms with van der Waals surface area (Å²) in [5.41, 5.74) is 1.89. The van der Waals surface area contributed by atoms with Gasteiger partial charge in [0.15, 0.2) is 0 Å². The molecule has 2 rings (SSSR count). The standard InChI is InChI=1S/C12H13NO3/c1-3-9-11(12(15)16)8-6-7(14)4-5-10(8)13(9)2/h4-6,14H,3H2,1-2H3,(H,15,16). The Morgan fingerprint density at radius 3 is 2.69 bits per heavy atom. The van der Waals surface area contributed by atoms with Crippen LogP contribution in [0.5, 0.6) is 5.75 Å². The highest BCUT2D eigenvalue weighted by atomic mass is 16.4. The number of aromatic nitrogens is 1. The number of hydrogen-bond donors (Lipinski definition) is 2. The molecule has 0 aliphatic rings. The van der Waals surface area contributed by atoms with Crippen LogP contribution in [0, 0.1) is 0 Å². The van der Waals surface area contributed by atoms with Gasteiger partial charge in [-0.15, -0.1) is 0 Å². The Hall–Kier alpha value is -1.97. The number of phenolic OH excluding ortho intramolecular Hbond substituents is 1. The van der Waals surface area contributed by atoms with E-state index in [0.29, 0.717) is 11.8 Å². The van der Waals surface area contributed by atoms with E-state index in [4.69, 9.17) is 0 Å². The molecule has 0 spiro atoms. The maximum Gasteiger partial charge on any atom is 0.338 e. The first-order valence-corrected chi connectivity index (χ1v) is 5.09. The number of rotatable bonds is 2. The number of hydrogen-bond acceptors (Lipinski definition) is 2. The topological polar surface area (TPSA) is 62.5 Å². The maximum absolute atomic E-state index is 11.2. The van der Waals surface area contributed by atoms with E-state index in [0.717, 1.165) is 11.2 Å². The van der Waals surface area contributed by atoms with Crippen LogP contribution in [0.2, 0.25) is 0 Å². The Bertz CT molecular complexity index is 569. The van der Waals surface area contributed by atoms with Crippen molar-refractivity contribution in [3.8, 4) is 5.75 Å². The second kappa shape index (κ2) is 3.56. The summed E-state index contributed by atoms with van der Waals surface area (Å²) in [6.45, 7) is 1.92. The second-order valence-corrected chi connectivity index (χ2v) is 3.74. The number of carbonyl (C=O) groups is 1. The van der Waals surface area contributed by atoms with Crippen molar-refractivity contribution < 1.29 is 15.0 Å². The molecule has 0 atom stereocenters. The number of aromatic hydroxyl groups is 1. The molecule has 1 aromatic carbocycles. The molecular formula is C12H13NO3. The average molecular weight is 219 g/mol. The first-order chi connectivity index (χ1) is 7.56. The molecule has 1 aromatic heterocycles. The summed E-state index contributed by atoms with van der Waals surface area (Å²) in [4.78, 5) is 11.2. The highest BCUT2D eigenvalue weighted by Gasteiger charge is 2.19. The van der Waals surface area contributed by atoms with Gasteiger partial charge in [-0.25, -0.2) is 4.79 Å². The van der Waals surface area contributed by atoms with E-state index in [9.17, 15) is 15.0 Å². The fourth-order valence-corrected chi connectivity index (χ4v) is 2.14. The van der Waals surface area contributed by atoms with E-state index in [1.54, 1.807) is 12.1 Å². The SMILES string of the molecule is CCc1c(C(=O)O)c2cc(O)ccc2n1C. The van der Waals surface area contributed by atoms with Crippen molar-refractivity contribution in [1.82, 2.24) is 4.57 Å². The van der Waals surface area contributed by atoms with E-state index >= 15 is 0 Å². The van der Waals surface area contributed by atoms with Crippen LogP contribution in [0.1, 0.15) is 23.0 Å². The molecular weight excluding hydrogens is 206 g/mol. The number of aromatic carboxylic acids is 1. The van der Waals surface area contributed by atoms with Crippen molar-refractivity contribution in [3.63, 3.8) is 0 Å². The van der Waals surface area contributed by atoms with Crippen LogP contribution in [0.4, 0.5) is 0 Å². The van der Waals surface area contributed by atoms with Crippen molar-refractivity contribution in [3.05, 3.63) is 29.5 Å². The fourth-order valence-electron chi connectivity index (χ4n) is 2.14. The Morgan fingerprint density at radius 1 is 1.44 bits per heavy atom. The maximum atomic E-state index is 11.2. The number of phenols is 1. The van der Waals surface area contributed by atoms with E-state index in [-0.39, 0.29) is 11.3 Å². The van der Waals surface area contributed by atoms with E-state index < -0.39 is 5.97 Å². The normalized spacial score (nSPS) is 10.9. The third-order valence-electron chi connectivity index (χ3n) is 2.85. The van der Waals surface area contributed by atoms with Gasteiger partial charge < -0.3 is 14.8 Å². The molecule has 0 aliphatic heterocycles. The number of carboxylic acid groups (broad SMARTS) is 1. The van der Waals surface area contributed by atoms with Gasteiger partial charge in [-0.1, -0.05) is 6.92 Å². The van der Waals surface area contributed by atoms with E-state index in [1.807, 2.05) is 18.5 Å². The summed E-state index contributed by atoms with van der Waals surface area (Å²) < 4.78 is 1.86. The van der Waals surface area contributed by atoms with Gasteiger partial charge >= 0.3 is 5.97 Å². The van der Waals surface area contributed by atoms with E-state index in [1.165, 1.54) is 6.07 Å². The molecule has 0 fully saturated rings. The minimum Gasteiger partial charge on any atom is -0.508 e. The van der Waals surface area contributed by atoms with Gasteiger partial charge in [-0.3, -0.25) is 0 Å².